The van der Waals surface area contributed by atoms with Crippen molar-refractivity contribution >= 4 is 43.1 Å². The maximum absolute atomic E-state index is 11.1. The van der Waals surface area contributed by atoms with Gasteiger partial charge in [-0.25, -0.2) is 0 Å². The molecular formula is C40H26O4. The molecule has 0 saturated carbocycles. The van der Waals surface area contributed by atoms with E-state index in [1.807, 2.05) is 115 Å². The zero-order valence-electron chi connectivity index (χ0n) is 23.5. The van der Waals surface area contributed by atoms with Crippen molar-refractivity contribution in [1.29, 1.82) is 0 Å². The van der Waals surface area contributed by atoms with Crippen molar-refractivity contribution in [2.75, 3.05) is 0 Å². The van der Waals surface area contributed by atoms with Crippen LogP contribution in [0.5, 0.6) is 28.7 Å². The van der Waals surface area contributed by atoms with Gasteiger partial charge >= 0.3 is 0 Å². The predicted molar refractivity (Wildman–Crippen MR) is 179 cm³/mol. The van der Waals surface area contributed by atoms with Gasteiger partial charge in [-0.2, -0.15) is 0 Å². The second kappa shape index (κ2) is 10.1. The van der Waals surface area contributed by atoms with Gasteiger partial charge in [-0.05, 0) is 97.2 Å². The Kier molecular flexibility index (Phi) is 5.88. The fraction of sp³-hybridized carbons (Fsp3) is 0. The smallest absolute Gasteiger partial charge is 0.128 e. The Morgan fingerprint density at radius 1 is 0.341 bits per heavy atom. The molecule has 8 aromatic rings. The van der Waals surface area contributed by atoms with E-state index in [2.05, 4.69) is 6.07 Å². The molecule has 0 heterocycles. The lowest BCUT2D eigenvalue weighted by Gasteiger charge is -2.16. The minimum atomic E-state index is 0.0897. The van der Waals surface area contributed by atoms with E-state index < -0.39 is 0 Å². The Balaban J connectivity index is 1.27. The quantitative estimate of drug-likeness (QED) is 0.197. The number of hydrogen-bond donors (Lipinski definition) is 3. The molecule has 0 saturated heterocycles. The van der Waals surface area contributed by atoms with E-state index in [0.29, 0.717) is 22.6 Å². The SMILES string of the molecule is Oc1ccc2ccccc2c1-c1cc(Oc2ccc3c(-c4c(O)ccc5ccccc45)c(O)ccc3c2)cc2ccccc12. The number of fused-ring (bicyclic) bond motifs is 4. The van der Waals surface area contributed by atoms with Gasteiger partial charge in [-0.3, -0.25) is 0 Å². The van der Waals surface area contributed by atoms with E-state index in [0.717, 1.165) is 54.2 Å². The molecule has 0 aliphatic heterocycles. The number of ether oxygens (including phenoxy) is 1. The molecule has 4 heteroatoms. The van der Waals surface area contributed by atoms with Gasteiger partial charge in [0.15, 0.2) is 0 Å². The van der Waals surface area contributed by atoms with Gasteiger partial charge < -0.3 is 20.1 Å². The highest BCUT2D eigenvalue weighted by molar-refractivity contribution is 6.10. The lowest BCUT2D eigenvalue weighted by molar-refractivity contribution is 0.470. The van der Waals surface area contributed by atoms with Gasteiger partial charge in [0, 0.05) is 16.7 Å². The molecule has 4 nitrogen and oxygen atoms in total. The molecule has 8 aromatic carbocycles. The third-order valence-corrected chi connectivity index (χ3v) is 8.37. The number of aromatic hydroxyl groups is 3. The molecule has 210 valence electrons. The summed E-state index contributed by atoms with van der Waals surface area (Å²) in [5.41, 5.74) is 2.81. The maximum Gasteiger partial charge on any atom is 0.128 e. The van der Waals surface area contributed by atoms with Crippen LogP contribution in [0.4, 0.5) is 0 Å². The summed E-state index contributed by atoms with van der Waals surface area (Å²) in [6.07, 6.45) is 0. The largest absolute Gasteiger partial charge is 0.507 e. The highest BCUT2D eigenvalue weighted by Crippen LogP contribution is 2.46. The van der Waals surface area contributed by atoms with Crippen molar-refractivity contribution in [3.63, 3.8) is 0 Å². The average Bonchev–Trinajstić information content (AvgIpc) is 3.05. The zero-order chi connectivity index (χ0) is 29.8. The minimum Gasteiger partial charge on any atom is -0.507 e. The number of benzene rings is 8. The molecular weight excluding hydrogens is 544 g/mol. The summed E-state index contributed by atoms with van der Waals surface area (Å²) >= 11 is 0. The van der Waals surface area contributed by atoms with Gasteiger partial charge in [-0.1, -0.05) is 91.0 Å². The van der Waals surface area contributed by atoms with Gasteiger partial charge in [0.1, 0.15) is 28.7 Å². The van der Waals surface area contributed by atoms with Crippen molar-refractivity contribution in [1.82, 2.24) is 0 Å². The fourth-order valence-corrected chi connectivity index (χ4v) is 6.37. The third kappa shape index (κ3) is 4.16. The predicted octanol–water partition coefficient (Wildman–Crippen LogP) is 10.5. The Hall–Kier alpha value is -6.00. The van der Waals surface area contributed by atoms with Crippen LogP contribution in [0.2, 0.25) is 0 Å². The summed E-state index contributed by atoms with van der Waals surface area (Å²) in [6.45, 7) is 0. The second-order valence-corrected chi connectivity index (χ2v) is 11.0. The Morgan fingerprint density at radius 3 is 1.45 bits per heavy atom. The highest BCUT2D eigenvalue weighted by Gasteiger charge is 2.18. The minimum absolute atomic E-state index is 0.0897. The molecule has 44 heavy (non-hydrogen) atoms. The van der Waals surface area contributed by atoms with Crippen LogP contribution >= 0.6 is 0 Å². The first-order valence-electron chi connectivity index (χ1n) is 14.4. The summed E-state index contributed by atoms with van der Waals surface area (Å²) in [5.74, 6) is 1.66. The first kappa shape index (κ1) is 25.7. The lowest BCUT2D eigenvalue weighted by Crippen LogP contribution is -1.90. The van der Waals surface area contributed by atoms with Crippen molar-refractivity contribution in [2.24, 2.45) is 0 Å². The average molecular weight is 571 g/mol. The standard InChI is InChI=1S/C40H26O4/c41-35-18-13-24-7-1-5-11-31(24)38(35)34-23-29(22-26-9-3-4-10-30(26)34)44-28-16-17-33-27(21-28)15-20-37(43)40(33)39-32-12-6-2-8-25(32)14-19-36(39)42/h1-23,41-43H. The van der Waals surface area contributed by atoms with Crippen LogP contribution in [0.3, 0.4) is 0 Å². The van der Waals surface area contributed by atoms with E-state index in [1.54, 1.807) is 18.2 Å². The number of rotatable bonds is 4. The number of hydrogen-bond acceptors (Lipinski definition) is 4. The third-order valence-electron chi connectivity index (χ3n) is 8.37. The normalized spacial score (nSPS) is 11.5. The summed E-state index contributed by atoms with van der Waals surface area (Å²) in [4.78, 5) is 0. The Bertz CT molecular complexity index is 2410. The Labute approximate surface area is 253 Å². The molecule has 3 N–H and O–H groups in total. The van der Waals surface area contributed by atoms with E-state index in [9.17, 15) is 15.3 Å². The van der Waals surface area contributed by atoms with Crippen LogP contribution in [-0.2, 0) is 0 Å². The van der Waals surface area contributed by atoms with Crippen LogP contribution in [0.1, 0.15) is 0 Å². The number of phenols is 3. The second-order valence-electron chi connectivity index (χ2n) is 11.0. The molecule has 0 aromatic heterocycles. The molecule has 0 unspecified atom stereocenters. The molecule has 0 aliphatic rings. The summed E-state index contributed by atoms with van der Waals surface area (Å²) in [7, 11) is 0. The topological polar surface area (TPSA) is 69.9 Å². The van der Waals surface area contributed by atoms with Crippen molar-refractivity contribution < 1.29 is 20.1 Å². The van der Waals surface area contributed by atoms with Crippen LogP contribution in [0.15, 0.2) is 140 Å². The van der Waals surface area contributed by atoms with Gasteiger partial charge in [0.2, 0.25) is 0 Å². The molecule has 0 spiro atoms. The highest BCUT2D eigenvalue weighted by atomic mass is 16.5. The molecule has 0 radical (unpaired) electrons. The molecule has 0 fully saturated rings. The van der Waals surface area contributed by atoms with Crippen molar-refractivity contribution in [3.05, 3.63) is 140 Å². The maximum atomic E-state index is 11.1. The van der Waals surface area contributed by atoms with Crippen LogP contribution in [0, 0.1) is 0 Å². The fourth-order valence-electron chi connectivity index (χ4n) is 6.37. The molecule has 8 rings (SSSR count). The first-order chi connectivity index (χ1) is 21.5. The van der Waals surface area contributed by atoms with Gasteiger partial charge in [0.05, 0.1) is 0 Å². The summed E-state index contributed by atoms with van der Waals surface area (Å²) in [6, 6.07) is 44.4. The molecule has 0 bridgehead atoms. The van der Waals surface area contributed by atoms with E-state index in [1.165, 1.54) is 0 Å². The van der Waals surface area contributed by atoms with Crippen LogP contribution in [0.25, 0.3) is 65.3 Å². The Morgan fingerprint density at radius 2 is 0.795 bits per heavy atom. The molecule has 0 amide bonds. The lowest BCUT2D eigenvalue weighted by atomic mass is 9.92. The van der Waals surface area contributed by atoms with Crippen LogP contribution in [-0.4, -0.2) is 15.3 Å². The zero-order valence-corrected chi connectivity index (χ0v) is 23.5. The van der Waals surface area contributed by atoms with Crippen LogP contribution < -0.4 is 4.74 Å². The summed E-state index contributed by atoms with van der Waals surface area (Å²) in [5, 5.41) is 40.5. The van der Waals surface area contributed by atoms with Gasteiger partial charge in [0.25, 0.3) is 0 Å². The first-order valence-corrected chi connectivity index (χ1v) is 14.4. The van der Waals surface area contributed by atoms with E-state index in [4.69, 9.17) is 4.74 Å². The van der Waals surface area contributed by atoms with Crippen molar-refractivity contribution in [2.45, 2.75) is 0 Å². The number of phenolic OH excluding ortho intramolecular Hbond substituents is 3. The van der Waals surface area contributed by atoms with E-state index in [-0.39, 0.29) is 17.2 Å². The van der Waals surface area contributed by atoms with Gasteiger partial charge in [-0.15, -0.1) is 0 Å². The molecule has 0 atom stereocenters. The monoisotopic (exact) mass is 570 g/mol. The molecule has 0 aliphatic carbocycles. The van der Waals surface area contributed by atoms with E-state index >= 15 is 0 Å². The summed E-state index contributed by atoms with van der Waals surface area (Å²) < 4.78 is 6.48. The van der Waals surface area contributed by atoms with Crippen molar-refractivity contribution in [3.8, 4) is 51.0 Å².